The van der Waals surface area contributed by atoms with Gasteiger partial charge in [0.15, 0.2) is 5.11 Å². The van der Waals surface area contributed by atoms with Gasteiger partial charge in [-0.2, -0.15) is 5.10 Å². The van der Waals surface area contributed by atoms with Crippen LogP contribution in [-0.4, -0.2) is 26.7 Å². The summed E-state index contributed by atoms with van der Waals surface area (Å²) in [4.78, 5) is 27.9. The molecule has 3 aromatic carbocycles. The van der Waals surface area contributed by atoms with Crippen LogP contribution in [0.3, 0.4) is 0 Å². The van der Waals surface area contributed by atoms with Crippen molar-refractivity contribution in [2.24, 2.45) is 7.05 Å². The molecular formula is C28H21ClN4O3S. The van der Waals surface area contributed by atoms with Gasteiger partial charge in [0, 0.05) is 17.6 Å². The number of nitrogens with one attached hydrogen (secondary N) is 1. The van der Waals surface area contributed by atoms with Crippen molar-refractivity contribution >= 4 is 52.5 Å². The highest BCUT2D eigenvalue weighted by Gasteiger charge is 2.35. The number of ether oxygens (including phenoxy) is 1. The molecule has 2 heterocycles. The third-order valence-electron chi connectivity index (χ3n) is 5.79. The molecule has 4 aromatic rings. The van der Waals surface area contributed by atoms with E-state index >= 15 is 0 Å². The largest absolute Gasteiger partial charge is 0.439 e. The topological polar surface area (TPSA) is 76.5 Å². The molecule has 1 aromatic heterocycles. The van der Waals surface area contributed by atoms with Gasteiger partial charge < -0.3 is 4.74 Å². The van der Waals surface area contributed by atoms with Gasteiger partial charge in [0.2, 0.25) is 5.88 Å². The maximum absolute atomic E-state index is 13.6. The van der Waals surface area contributed by atoms with Gasteiger partial charge in [-0.3, -0.25) is 19.8 Å². The van der Waals surface area contributed by atoms with Crippen molar-refractivity contribution in [2.75, 3.05) is 4.90 Å². The number of rotatable bonds is 5. The number of aryl methyl sites for hydroxylation is 2. The Morgan fingerprint density at radius 1 is 0.973 bits per heavy atom. The van der Waals surface area contributed by atoms with E-state index in [1.807, 2.05) is 61.5 Å². The second-order valence-corrected chi connectivity index (χ2v) is 9.23. The summed E-state index contributed by atoms with van der Waals surface area (Å²) in [5.41, 5.74) is 3.31. The van der Waals surface area contributed by atoms with Crippen LogP contribution in [0.1, 0.15) is 11.1 Å². The third-order valence-corrected chi connectivity index (χ3v) is 6.32. The van der Waals surface area contributed by atoms with E-state index in [2.05, 4.69) is 10.4 Å². The predicted molar refractivity (Wildman–Crippen MR) is 148 cm³/mol. The molecule has 1 N–H and O–H groups in total. The SMILES string of the molecule is Cc1ccc(Oc2c(C=C3C(=O)NC(=S)N(c4ccc(Cl)cc4)C3=O)c(-c3ccccc3)nn2C)cc1. The fourth-order valence-corrected chi connectivity index (χ4v) is 4.34. The fourth-order valence-electron chi connectivity index (χ4n) is 3.93. The van der Waals surface area contributed by atoms with Crippen LogP contribution in [-0.2, 0) is 16.6 Å². The number of hydrogen-bond donors (Lipinski definition) is 1. The lowest BCUT2D eigenvalue weighted by Gasteiger charge is -2.29. The minimum Gasteiger partial charge on any atom is -0.439 e. The number of carbonyl (C=O) groups is 2. The monoisotopic (exact) mass is 528 g/mol. The number of thiocarbonyl (C=S) groups is 1. The molecule has 0 aliphatic carbocycles. The highest BCUT2D eigenvalue weighted by atomic mass is 35.5. The Hall–Kier alpha value is -4.27. The van der Waals surface area contributed by atoms with Gasteiger partial charge in [0.1, 0.15) is 17.0 Å². The number of amides is 2. The highest BCUT2D eigenvalue weighted by Crippen LogP contribution is 2.36. The van der Waals surface area contributed by atoms with Crippen LogP contribution in [0.15, 0.2) is 84.4 Å². The summed E-state index contributed by atoms with van der Waals surface area (Å²) in [7, 11) is 1.75. The van der Waals surface area contributed by atoms with Crippen LogP contribution in [0.5, 0.6) is 11.6 Å². The van der Waals surface area contributed by atoms with Crippen molar-refractivity contribution < 1.29 is 14.3 Å². The molecule has 9 heteroatoms. The number of carbonyl (C=O) groups excluding carboxylic acids is 2. The molecule has 1 aliphatic rings. The van der Waals surface area contributed by atoms with Crippen molar-refractivity contribution in [3.8, 4) is 22.9 Å². The van der Waals surface area contributed by atoms with E-state index < -0.39 is 11.8 Å². The lowest BCUT2D eigenvalue weighted by molar-refractivity contribution is -0.122. The van der Waals surface area contributed by atoms with E-state index in [0.717, 1.165) is 11.1 Å². The molecular weight excluding hydrogens is 508 g/mol. The molecule has 0 atom stereocenters. The van der Waals surface area contributed by atoms with Crippen molar-refractivity contribution in [3.05, 3.63) is 101 Å². The molecule has 0 spiro atoms. The second kappa shape index (κ2) is 10.0. The average Bonchev–Trinajstić information content (AvgIpc) is 3.19. The minimum atomic E-state index is -0.607. The van der Waals surface area contributed by atoms with E-state index in [0.29, 0.717) is 33.6 Å². The zero-order valence-electron chi connectivity index (χ0n) is 19.9. The maximum Gasteiger partial charge on any atom is 0.270 e. The lowest BCUT2D eigenvalue weighted by atomic mass is 10.0. The number of nitrogens with zero attached hydrogens (tertiary/aromatic N) is 3. The van der Waals surface area contributed by atoms with Crippen LogP contribution in [0.25, 0.3) is 17.3 Å². The van der Waals surface area contributed by atoms with E-state index in [1.165, 1.54) is 11.0 Å². The zero-order valence-corrected chi connectivity index (χ0v) is 21.5. The molecule has 5 rings (SSSR count). The summed E-state index contributed by atoms with van der Waals surface area (Å²) < 4.78 is 7.80. The normalized spacial score (nSPS) is 14.7. The van der Waals surface area contributed by atoms with Crippen LogP contribution >= 0.6 is 23.8 Å². The lowest BCUT2D eigenvalue weighted by Crippen LogP contribution is -2.54. The van der Waals surface area contributed by atoms with Crippen molar-refractivity contribution in [2.45, 2.75) is 6.92 Å². The van der Waals surface area contributed by atoms with Gasteiger partial charge in [0.25, 0.3) is 11.8 Å². The zero-order chi connectivity index (χ0) is 26.1. The molecule has 0 radical (unpaired) electrons. The van der Waals surface area contributed by atoms with Crippen LogP contribution in [0.2, 0.25) is 5.02 Å². The molecule has 2 amide bonds. The number of benzene rings is 3. The Bertz CT molecular complexity index is 1550. The van der Waals surface area contributed by atoms with E-state index in [4.69, 9.17) is 28.6 Å². The van der Waals surface area contributed by atoms with Gasteiger partial charge in [0.05, 0.1) is 11.3 Å². The fraction of sp³-hybridized carbons (Fsp3) is 0.0714. The first-order chi connectivity index (χ1) is 17.8. The summed E-state index contributed by atoms with van der Waals surface area (Å²) in [5, 5.41) is 7.77. The number of aromatic nitrogens is 2. The van der Waals surface area contributed by atoms with Gasteiger partial charge in [-0.25, -0.2) is 4.68 Å². The smallest absolute Gasteiger partial charge is 0.270 e. The summed E-state index contributed by atoms with van der Waals surface area (Å²) in [6.45, 7) is 1.99. The second-order valence-electron chi connectivity index (χ2n) is 8.41. The predicted octanol–water partition coefficient (Wildman–Crippen LogP) is 5.67. The van der Waals surface area contributed by atoms with E-state index in [-0.39, 0.29) is 10.7 Å². The Labute approximate surface area is 223 Å². The summed E-state index contributed by atoms with van der Waals surface area (Å²) in [6, 6.07) is 23.7. The first kappa shape index (κ1) is 24.4. The molecule has 7 nitrogen and oxygen atoms in total. The number of anilines is 1. The third kappa shape index (κ3) is 4.89. The summed E-state index contributed by atoms with van der Waals surface area (Å²) >= 11 is 11.3. The Morgan fingerprint density at radius 2 is 1.65 bits per heavy atom. The highest BCUT2D eigenvalue weighted by molar-refractivity contribution is 7.80. The first-order valence-corrected chi connectivity index (χ1v) is 12.1. The van der Waals surface area contributed by atoms with E-state index in [9.17, 15) is 9.59 Å². The molecule has 0 unspecified atom stereocenters. The molecule has 37 heavy (non-hydrogen) atoms. The van der Waals surface area contributed by atoms with Crippen molar-refractivity contribution in [1.29, 1.82) is 0 Å². The number of hydrogen-bond acceptors (Lipinski definition) is 5. The average molecular weight is 529 g/mol. The molecule has 1 fully saturated rings. The Balaban J connectivity index is 1.64. The van der Waals surface area contributed by atoms with Gasteiger partial charge >= 0.3 is 0 Å². The van der Waals surface area contributed by atoms with Crippen LogP contribution in [0, 0.1) is 6.92 Å². The maximum atomic E-state index is 13.6. The van der Waals surface area contributed by atoms with Gasteiger partial charge in [-0.05, 0) is 61.6 Å². The number of halogens is 1. The van der Waals surface area contributed by atoms with Crippen LogP contribution < -0.4 is 15.0 Å². The first-order valence-electron chi connectivity index (χ1n) is 11.4. The molecule has 1 aliphatic heterocycles. The van der Waals surface area contributed by atoms with Crippen LogP contribution in [0.4, 0.5) is 5.69 Å². The van der Waals surface area contributed by atoms with Gasteiger partial charge in [-0.15, -0.1) is 0 Å². The van der Waals surface area contributed by atoms with E-state index in [1.54, 1.807) is 36.0 Å². The molecule has 0 bridgehead atoms. The standard InChI is InChI=1S/C28H21ClN4O3S/c1-17-8-14-21(15-9-17)36-27-22(24(31-32(27)2)18-6-4-3-5-7-18)16-23-25(34)30-28(37)33(26(23)35)20-12-10-19(29)11-13-20/h3-16H,1-2H3,(H,30,34,37). The Morgan fingerprint density at radius 3 is 2.32 bits per heavy atom. The molecule has 0 saturated carbocycles. The summed E-state index contributed by atoms with van der Waals surface area (Å²) in [6.07, 6.45) is 1.50. The summed E-state index contributed by atoms with van der Waals surface area (Å²) in [5.74, 6) is -0.206. The Kier molecular flexibility index (Phi) is 6.60. The van der Waals surface area contributed by atoms with Crippen molar-refractivity contribution in [3.63, 3.8) is 0 Å². The van der Waals surface area contributed by atoms with Gasteiger partial charge in [-0.1, -0.05) is 59.6 Å². The van der Waals surface area contributed by atoms with Crippen molar-refractivity contribution in [1.82, 2.24) is 15.1 Å². The molecule has 1 saturated heterocycles. The minimum absolute atomic E-state index is 0.0138. The quantitative estimate of drug-likeness (QED) is 0.205. The molecule has 184 valence electrons.